The van der Waals surface area contributed by atoms with Crippen molar-refractivity contribution in [3.05, 3.63) is 70.5 Å². The predicted molar refractivity (Wildman–Crippen MR) is 99.1 cm³/mol. The molecule has 4 nitrogen and oxygen atoms in total. The molecule has 2 aromatic carbocycles. The van der Waals surface area contributed by atoms with Gasteiger partial charge in [0.25, 0.3) is 0 Å². The highest BCUT2D eigenvalue weighted by Crippen LogP contribution is 2.21. The van der Waals surface area contributed by atoms with Gasteiger partial charge in [-0.15, -0.1) is 0 Å². The summed E-state index contributed by atoms with van der Waals surface area (Å²) in [6.07, 6.45) is 1.71. The molecule has 0 aliphatic heterocycles. The van der Waals surface area contributed by atoms with E-state index in [9.17, 15) is 0 Å². The van der Waals surface area contributed by atoms with Crippen molar-refractivity contribution in [3.63, 3.8) is 0 Å². The molecule has 1 unspecified atom stereocenters. The number of rotatable bonds is 5. The van der Waals surface area contributed by atoms with Crippen LogP contribution in [0.1, 0.15) is 31.0 Å². The van der Waals surface area contributed by atoms with Gasteiger partial charge in [0.1, 0.15) is 5.82 Å². The van der Waals surface area contributed by atoms with Gasteiger partial charge < -0.3 is 16.8 Å². The predicted octanol–water partition coefficient (Wildman–Crippen LogP) is 3.95. The van der Waals surface area contributed by atoms with Gasteiger partial charge >= 0.3 is 0 Å². The minimum Gasteiger partial charge on any atom is -0.399 e. The number of nitrogens with one attached hydrogen (secondary N) is 1. The van der Waals surface area contributed by atoms with Crippen LogP contribution in [0.3, 0.4) is 0 Å². The van der Waals surface area contributed by atoms with Gasteiger partial charge in [-0.2, -0.15) is 0 Å². The monoisotopic (exact) mass is 328 g/mol. The second-order valence-electron chi connectivity index (χ2n) is 5.19. The van der Waals surface area contributed by atoms with Crippen molar-refractivity contribution >= 4 is 29.2 Å². The summed E-state index contributed by atoms with van der Waals surface area (Å²) in [5, 5.41) is 4.04. The standard InChI is InChI=1S/C18H21ClN4/c1-3-22-18(17(21)13-7-9-16(20)10-8-13)23-12(2)14-5-4-6-15(19)11-14/h3-12,23H,20-21H2,1-2H3/b18-17+,22-3-. The lowest BCUT2D eigenvalue weighted by Gasteiger charge is -2.18. The van der Waals surface area contributed by atoms with Gasteiger partial charge in [0.05, 0.1) is 11.7 Å². The third-order valence-corrected chi connectivity index (χ3v) is 3.67. The van der Waals surface area contributed by atoms with E-state index in [1.54, 1.807) is 6.21 Å². The second kappa shape index (κ2) is 7.70. The van der Waals surface area contributed by atoms with Crippen molar-refractivity contribution in [3.8, 4) is 0 Å². The summed E-state index contributed by atoms with van der Waals surface area (Å²) in [6.45, 7) is 3.88. The van der Waals surface area contributed by atoms with Crippen LogP contribution in [0.5, 0.6) is 0 Å². The Morgan fingerprint density at radius 1 is 1.22 bits per heavy atom. The maximum absolute atomic E-state index is 6.27. The molecule has 0 aliphatic carbocycles. The first-order chi connectivity index (χ1) is 11.0. The molecule has 5 heteroatoms. The van der Waals surface area contributed by atoms with Crippen LogP contribution < -0.4 is 16.8 Å². The highest BCUT2D eigenvalue weighted by atomic mass is 35.5. The Morgan fingerprint density at radius 2 is 1.91 bits per heavy atom. The molecular weight excluding hydrogens is 308 g/mol. The van der Waals surface area contributed by atoms with Crippen LogP contribution in [0.2, 0.25) is 5.02 Å². The third-order valence-electron chi connectivity index (χ3n) is 3.44. The Labute approximate surface area is 141 Å². The fraction of sp³-hybridized carbons (Fsp3) is 0.167. The maximum atomic E-state index is 6.27. The molecule has 0 saturated carbocycles. The molecule has 5 N–H and O–H groups in total. The highest BCUT2D eigenvalue weighted by Gasteiger charge is 2.11. The zero-order valence-electron chi connectivity index (χ0n) is 13.3. The molecule has 0 heterocycles. The van der Waals surface area contributed by atoms with Crippen LogP contribution in [0, 0.1) is 0 Å². The quantitative estimate of drug-likeness (QED) is 0.574. The fourth-order valence-electron chi connectivity index (χ4n) is 2.18. The summed E-state index contributed by atoms with van der Waals surface area (Å²) < 4.78 is 0. The molecule has 2 aromatic rings. The van der Waals surface area contributed by atoms with Crippen molar-refractivity contribution in [1.29, 1.82) is 0 Å². The zero-order chi connectivity index (χ0) is 16.8. The molecule has 0 spiro atoms. The maximum Gasteiger partial charge on any atom is 0.149 e. The molecule has 0 fully saturated rings. The third kappa shape index (κ3) is 4.50. The number of anilines is 1. The van der Waals surface area contributed by atoms with Gasteiger partial charge in [0.15, 0.2) is 0 Å². The highest BCUT2D eigenvalue weighted by molar-refractivity contribution is 6.30. The largest absolute Gasteiger partial charge is 0.399 e. The van der Waals surface area contributed by atoms with Gasteiger partial charge in [-0.3, -0.25) is 0 Å². The summed E-state index contributed by atoms with van der Waals surface area (Å²) in [5.41, 5.74) is 15.2. The van der Waals surface area contributed by atoms with E-state index >= 15 is 0 Å². The Morgan fingerprint density at radius 3 is 2.52 bits per heavy atom. The Bertz CT molecular complexity index is 720. The van der Waals surface area contributed by atoms with Crippen LogP contribution in [0.25, 0.3) is 5.70 Å². The fourth-order valence-corrected chi connectivity index (χ4v) is 2.38. The lowest BCUT2D eigenvalue weighted by Crippen LogP contribution is -2.20. The number of nitrogen functional groups attached to an aromatic ring is 1. The molecule has 0 radical (unpaired) electrons. The number of nitrogens with two attached hydrogens (primary N) is 2. The number of halogens is 1. The molecule has 2 rings (SSSR count). The van der Waals surface area contributed by atoms with Crippen LogP contribution in [0.4, 0.5) is 5.69 Å². The molecule has 0 aliphatic rings. The average Bonchev–Trinajstić information content (AvgIpc) is 2.54. The van der Waals surface area contributed by atoms with E-state index in [-0.39, 0.29) is 6.04 Å². The van der Waals surface area contributed by atoms with Gasteiger partial charge in [-0.1, -0.05) is 35.9 Å². The summed E-state index contributed by atoms with van der Waals surface area (Å²) in [6, 6.07) is 15.1. The van der Waals surface area contributed by atoms with E-state index in [1.807, 2.05) is 62.4 Å². The van der Waals surface area contributed by atoms with Crippen LogP contribution in [-0.4, -0.2) is 6.21 Å². The number of hydrogen-bond acceptors (Lipinski definition) is 4. The first kappa shape index (κ1) is 16.9. The lowest BCUT2D eigenvalue weighted by atomic mass is 10.1. The van der Waals surface area contributed by atoms with Gasteiger partial charge in [-0.25, -0.2) is 4.99 Å². The topological polar surface area (TPSA) is 76.4 Å². The zero-order valence-corrected chi connectivity index (χ0v) is 14.0. The minimum atomic E-state index is 0.0136. The van der Waals surface area contributed by atoms with Crippen molar-refractivity contribution in [1.82, 2.24) is 5.32 Å². The van der Waals surface area contributed by atoms with Crippen molar-refractivity contribution in [2.45, 2.75) is 19.9 Å². The minimum absolute atomic E-state index is 0.0136. The summed E-state index contributed by atoms with van der Waals surface area (Å²) >= 11 is 6.05. The van der Waals surface area contributed by atoms with E-state index in [0.717, 1.165) is 11.1 Å². The molecular formula is C18H21ClN4. The van der Waals surface area contributed by atoms with E-state index in [1.165, 1.54) is 0 Å². The van der Waals surface area contributed by atoms with Crippen molar-refractivity contribution < 1.29 is 0 Å². The summed E-state index contributed by atoms with van der Waals surface area (Å²) in [5.74, 6) is 0.616. The first-order valence-corrected chi connectivity index (χ1v) is 7.75. The molecule has 0 aromatic heterocycles. The molecule has 23 heavy (non-hydrogen) atoms. The number of hydrogen-bond donors (Lipinski definition) is 3. The van der Waals surface area contributed by atoms with Gasteiger partial charge in [-0.05, 0) is 43.7 Å². The smallest absolute Gasteiger partial charge is 0.149 e. The average molecular weight is 329 g/mol. The van der Waals surface area contributed by atoms with Crippen LogP contribution >= 0.6 is 11.6 Å². The molecule has 120 valence electrons. The lowest BCUT2D eigenvalue weighted by molar-refractivity contribution is 0.649. The van der Waals surface area contributed by atoms with Crippen LogP contribution in [-0.2, 0) is 0 Å². The van der Waals surface area contributed by atoms with Gasteiger partial charge in [0.2, 0.25) is 0 Å². The van der Waals surface area contributed by atoms with E-state index in [0.29, 0.717) is 22.2 Å². The number of nitrogens with zero attached hydrogens (tertiary/aromatic N) is 1. The van der Waals surface area contributed by atoms with E-state index in [4.69, 9.17) is 23.1 Å². The first-order valence-electron chi connectivity index (χ1n) is 7.37. The molecule has 1 atom stereocenters. The van der Waals surface area contributed by atoms with Crippen molar-refractivity contribution in [2.24, 2.45) is 10.7 Å². The Balaban J connectivity index is 2.30. The van der Waals surface area contributed by atoms with Gasteiger partial charge in [0, 0.05) is 22.5 Å². The number of benzene rings is 2. The normalized spacial score (nSPS) is 13.7. The summed E-state index contributed by atoms with van der Waals surface area (Å²) in [4.78, 5) is 4.37. The van der Waals surface area contributed by atoms with E-state index in [2.05, 4.69) is 10.3 Å². The Hall–Kier alpha value is -2.46. The number of aliphatic imine (C=N–C) groups is 1. The SMILES string of the molecule is C/C=N\C(NC(C)c1cccc(Cl)c1)=C(/N)c1ccc(N)cc1. The summed E-state index contributed by atoms with van der Waals surface area (Å²) in [7, 11) is 0. The van der Waals surface area contributed by atoms with E-state index < -0.39 is 0 Å². The van der Waals surface area contributed by atoms with Crippen molar-refractivity contribution in [2.75, 3.05) is 5.73 Å². The Kier molecular flexibility index (Phi) is 5.66. The molecule has 0 bridgehead atoms. The molecule has 0 saturated heterocycles. The molecule has 0 amide bonds. The second-order valence-corrected chi connectivity index (χ2v) is 5.63. The van der Waals surface area contributed by atoms with Crippen LogP contribution in [0.15, 0.2) is 59.3 Å².